The Balaban J connectivity index is 1.91. The topological polar surface area (TPSA) is 38.3 Å². The molecule has 0 unspecified atom stereocenters. The molecule has 2 aromatic carbocycles. The normalized spacial score (nSPS) is 10.2. The predicted molar refractivity (Wildman–Crippen MR) is 86.1 cm³/mol. The van der Waals surface area contributed by atoms with Gasteiger partial charge in [0, 0.05) is 10.7 Å². The zero-order chi connectivity index (χ0) is 15.2. The summed E-state index contributed by atoms with van der Waals surface area (Å²) in [6.07, 6.45) is 0.981. The Morgan fingerprint density at radius 1 is 1.19 bits per heavy atom. The standard InChI is InChI=1S/C17H18ClNO2/c1-3-13-5-8-15(9-6-13)21-11-17(20)19-16-10-14(18)7-4-12(16)2/h4-10H,3,11H2,1-2H3,(H,19,20). The minimum Gasteiger partial charge on any atom is -0.484 e. The number of hydrogen-bond donors (Lipinski definition) is 1. The summed E-state index contributed by atoms with van der Waals surface area (Å²) in [6, 6.07) is 13.1. The zero-order valence-corrected chi connectivity index (χ0v) is 12.9. The third kappa shape index (κ3) is 4.50. The highest BCUT2D eigenvalue weighted by atomic mass is 35.5. The van der Waals surface area contributed by atoms with Crippen molar-refractivity contribution < 1.29 is 9.53 Å². The van der Waals surface area contributed by atoms with Crippen LogP contribution in [0, 0.1) is 6.92 Å². The van der Waals surface area contributed by atoms with E-state index in [9.17, 15) is 4.79 Å². The number of aryl methyl sites for hydroxylation is 2. The van der Waals surface area contributed by atoms with Crippen molar-refractivity contribution in [1.82, 2.24) is 0 Å². The van der Waals surface area contributed by atoms with Crippen molar-refractivity contribution in [2.24, 2.45) is 0 Å². The maximum Gasteiger partial charge on any atom is 0.262 e. The van der Waals surface area contributed by atoms with Gasteiger partial charge in [-0.2, -0.15) is 0 Å². The Bertz CT molecular complexity index is 623. The number of anilines is 1. The lowest BCUT2D eigenvalue weighted by molar-refractivity contribution is -0.118. The first kappa shape index (κ1) is 15.4. The van der Waals surface area contributed by atoms with E-state index in [1.807, 2.05) is 37.3 Å². The quantitative estimate of drug-likeness (QED) is 0.897. The summed E-state index contributed by atoms with van der Waals surface area (Å²) in [5.41, 5.74) is 2.90. The van der Waals surface area contributed by atoms with Crippen LogP contribution in [0.3, 0.4) is 0 Å². The average Bonchev–Trinajstić information content (AvgIpc) is 2.49. The van der Waals surface area contributed by atoms with Gasteiger partial charge in [0.2, 0.25) is 0 Å². The molecule has 4 heteroatoms. The van der Waals surface area contributed by atoms with E-state index >= 15 is 0 Å². The van der Waals surface area contributed by atoms with Crippen molar-refractivity contribution in [2.75, 3.05) is 11.9 Å². The number of hydrogen-bond acceptors (Lipinski definition) is 2. The minimum absolute atomic E-state index is 0.0303. The number of benzene rings is 2. The molecule has 2 rings (SSSR count). The van der Waals surface area contributed by atoms with Crippen LogP contribution in [0.2, 0.25) is 5.02 Å². The molecule has 110 valence electrons. The maximum atomic E-state index is 11.9. The molecule has 1 N–H and O–H groups in total. The van der Waals surface area contributed by atoms with Gasteiger partial charge in [0.25, 0.3) is 5.91 Å². The van der Waals surface area contributed by atoms with E-state index in [4.69, 9.17) is 16.3 Å². The second kappa shape index (κ2) is 7.14. The number of carbonyl (C=O) groups is 1. The van der Waals surface area contributed by atoms with Crippen LogP contribution in [0.5, 0.6) is 5.75 Å². The molecule has 0 atom stereocenters. The van der Waals surface area contributed by atoms with E-state index in [1.54, 1.807) is 12.1 Å². The molecule has 0 aromatic heterocycles. The third-order valence-corrected chi connectivity index (χ3v) is 3.41. The summed E-state index contributed by atoms with van der Waals surface area (Å²) >= 11 is 5.92. The van der Waals surface area contributed by atoms with Crippen LogP contribution in [0.1, 0.15) is 18.1 Å². The first-order valence-electron chi connectivity index (χ1n) is 6.86. The molecule has 0 bridgehead atoms. The summed E-state index contributed by atoms with van der Waals surface area (Å²) in [5.74, 6) is 0.477. The van der Waals surface area contributed by atoms with Gasteiger partial charge in [-0.1, -0.05) is 36.7 Å². The Morgan fingerprint density at radius 2 is 1.90 bits per heavy atom. The molecule has 3 nitrogen and oxygen atoms in total. The Morgan fingerprint density at radius 3 is 2.57 bits per heavy atom. The minimum atomic E-state index is -0.208. The van der Waals surface area contributed by atoms with Gasteiger partial charge in [-0.05, 0) is 48.7 Å². The van der Waals surface area contributed by atoms with Crippen LogP contribution in [0.15, 0.2) is 42.5 Å². The monoisotopic (exact) mass is 303 g/mol. The van der Waals surface area contributed by atoms with Gasteiger partial charge < -0.3 is 10.1 Å². The largest absolute Gasteiger partial charge is 0.484 e. The molecule has 0 aliphatic rings. The molecule has 0 aliphatic carbocycles. The molecule has 0 fully saturated rings. The second-order valence-corrected chi connectivity index (χ2v) is 5.23. The smallest absolute Gasteiger partial charge is 0.262 e. The van der Waals surface area contributed by atoms with Crippen molar-refractivity contribution in [3.63, 3.8) is 0 Å². The molecule has 0 aliphatic heterocycles. The summed E-state index contributed by atoms with van der Waals surface area (Å²) in [5, 5.41) is 3.39. The fourth-order valence-electron chi connectivity index (χ4n) is 1.89. The molecular weight excluding hydrogens is 286 g/mol. The van der Waals surface area contributed by atoms with E-state index in [0.717, 1.165) is 12.0 Å². The maximum absolute atomic E-state index is 11.9. The highest BCUT2D eigenvalue weighted by molar-refractivity contribution is 6.31. The number of carbonyl (C=O) groups excluding carboxylic acids is 1. The van der Waals surface area contributed by atoms with Gasteiger partial charge in [-0.15, -0.1) is 0 Å². The highest BCUT2D eigenvalue weighted by Gasteiger charge is 2.06. The number of ether oxygens (including phenoxy) is 1. The summed E-state index contributed by atoms with van der Waals surface area (Å²) < 4.78 is 5.46. The van der Waals surface area contributed by atoms with E-state index < -0.39 is 0 Å². The summed E-state index contributed by atoms with van der Waals surface area (Å²) in [4.78, 5) is 11.9. The first-order valence-corrected chi connectivity index (χ1v) is 7.24. The van der Waals surface area contributed by atoms with Crippen molar-refractivity contribution in [3.05, 3.63) is 58.6 Å². The molecular formula is C17H18ClNO2. The fourth-order valence-corrected chi connectivity index (χ4v) is 2.06. The van der Waals surface area contributed by atoms with Gasteiger partial charge >= 0.3 is 0 Å². The second-order valence-electron chi connectivity index (χ2n) is 4.79. The summed E-state index contributed by atoms with van der Waals surface area (Å²) in [6.45, 7) is 3.98. The zero-order valence-electron chi connectivity index (χ0n) is 12.2. The number of nitrogens with one attached hydrogen (secondary N) is 1. The van der Waals surface area contributed by atoms with Gasteiger partial charge in [0.1, 0.15) is 5.75 Å². The molecule has 1 amide bonds. The van der Waals surface area contributed by atoms with Crippen molar-refractivity contribution >= 4 is 23.2 Å². The van der Waals surface area contributed by atoms with Crippen LogP contribution < -0.4 is 10.1 Å². The van der Waals surface area contributed by atoms with Crippen LogP contribution in [0.25, 0.3) is 0 Å². The lowest BCUT2D eigenvalue weighted by atomic mass is 10.2. The van der Waals surface area contributed by atoms with Crippen LogP contribution >= 0.6 is 11.6 Å². The van der Waals surface area contributed by atoms with E-state index in [0.29, 0.717) is 16.5 Å². The molecule has 0 spiro atoms. The predicted octanol–water partition coefficient (Wildman–Crippen LogP) is 4.23. The van der Waals surface area contributed by atoms with E-state index in [-0.39, 0.29) is 12.5 Å². The van der Waals surface area contributed by atoms with Gasteiger partial charge in [-0.25, -0.2) is 0 Å². The lowest BCUT2D eigenvalue weighted by Crippen LogP contribution is -2.20. The van der Waals surface area contributed by atoms with Crippen molar-refractivity contribution in [2.45, 2.75) is 20.3 Å². The Labute approximate surface area is 129 Å². The summed E-state index contributed by atoms with van der Waals surface area (Å²) in [7, 11) is 0. The molecule has 21 heavy (non-hydrogen) atoms. The first-order chi connectivity index (χ1) is 10.1. The van der Waals surface area contributed by atoms with Crippen molar-refractivity contribution in [1.29, 1.82) is 0 Å². The van der Waals surface area contributed by atoms with E-state index in [1.165, 1.54) is 5.56 Å². The van der Waals surface area contributed by atoms with Crippen LogP contribution in [-0.4, -0.2) is 12.5 Å². The van der Waals surface area contributed by atoms with Crippen LogP contribution in [-0.2, 0) is 11.2 Å². The fraction of sp³-hybridized carbons (Fsp3) is 0.235. The molecule has 2 aromatic rings. The average molecular weight is 304 g/mol. The molecule has 0 radical (unpaired) electrons. The van der Waals surface area contributed by atoms with Crippen molar-refractivity contribution in [3.8, 4) is 5.75 Å². The highest BCUT2D eigenvalue weighted by Crippen LogP contribution is 2.20. The van der Waals surface area contributed by atoms with Gasteiger partial charge in [0.05, 0.1) is 0 Å². The molecule has 0 saturated heterocycles. The van der Waals surface area contributed by atoms with Crippen LogP contribution in [0.4, 0.5) is 5.69 Å². The Kier molecular flexibility index (Phi) is 5.23. The van der Waals surface area contributed by atoms with E-state index in [2.05, 4.69) is 12.2 Å². The number of halogens is 1. The molecule has 0 saturated carbocycles. The van der Waals surface area contributed by atoms with Gasteiger partial charge in [0.15, 0.2) is 6.61 Å². The Hall–Kier alpha value is -2.00. The van der Waals surface area contributed by atoms with Gasteiger partial charge in [-0.3, -0.25) is 4.79 Å². The molecule has 0 heterocycles. The lowest BCUT2D eigenvalue weighted by Gasteiger charge is -2.10. The third-order valence-electron chi connectivity index (χ3n) is 3.18. The SMILES string of the molecule is CCc1ccc(OCC(=O)Nc2cc(Cl)ccc2C)cc1. The number of amides is 1. The number of rotatable bonds is 5.